The number of nitriles is 1. The van der Waals surface area contributed by atoms with E-state index in [1.165, 1.54) is 0 Å². The summed E-state index contributed by atoms with van der Waals surface area (Å²) < 4.78 is 0. The van der Waals surface area contributed by atoms with Crippen molar-refractivity contribution in [3.63, 3.8) is 0 Å². The maximum absolute atomic E-state index is 12.5. The van der Waals surface area contributed by atoms with Crippen molar-refractivity contribution >= 4 is 12.0 Å². The largest absolute Gasteiger partial charge is 0.333 e. The lowest BCUT2D eigenvalue weighted by Crippen LogP contribution is -2.32. The topological polar surface area (TPSA) is 57.0 Å². The van der Waals surface area contributed by atoms with Crippen LogP contribution in [0, 0.1) is 11.3 Å². The van der Waals surface area contributed by atoms with Crippen LogP contribution in [0.25, 0.3) is 6.08 Å². The van der Waals surface area contributed by atoms with E-state index >= 15 is 0 Å². The Balaban J connectivity index is 2.12. The zero-order chi connectivity index (χ0) is 16.7. The molecule has 0 radical (unpaired) electrons. The van der Waals surface area contributed by atoms with Crippen LogP contribution in [-0.2, 0) is 4.79 Å². The molecule has 0 spiro atoms. The Morgan fingerprint density at radius 1 is 1.35 bits per heavy atom. The molecule has 116 valence electrons. The summed E-state index contributed by atoms with van der Waals surface area (Å²) in [6.45, 7) is 4.55. The van der Waals surface area contributed by atoms with Gasteiger partial charge in [-0.25, -0.2) is 0 Å². The van der Waals surface area contributed by atoms with Crippen LogP contribution in [0.2, 0.25) is 0 Å². The molecule has 23 heavy (non-hydrogen) atoms. The lowest BCUT2D eigenvalue weighted by atomic mass is 10.0. The monoisotopic (exact) mass is 305 g/mol. The molecule has 0 saturated heterocycles. The minimum absolute atomic E-state index is 0.0480. The second-order valence-corrected chi connectivity index (χ2v) is 5.15. The van der Waals surface area contributed by atoms with E-state index in [4.69, 9.17) is 5.26 Å². The molecular weight excluding hydrogens is 286 g/mol. The summed E-state index contributed by atoms with van der Waals surface area (Å²) >= 11 is 0. The Morgan fingerprint density at radius 3 is 2.65 bits per heavy atom. The molecule has 4 heteroatoms. The number of hydrogen-bond acceptors (Lipinski definition) is 3. The highest BCUT2D eigenvalue weighted by Gasteiger charge is 2.17. The normalized spacial score (nSPS) is 11.9. The Kier molecular flexibility index (Phi) is 5.65. The zero-order valence-corrected chi connectivity index (χ0v) is 13.3. The maximum atomic E-state index is 12.5. The van der Waals surface area contributed by atoms with Crippen molar-refractivity contribution in [2.24, 2.45) is 0 Å². The van der Waals surface area contributed by atoms with Crippen molar-refractivity contribution in [3.05, 3.63) is 71.6 Å². The second-order valence-electron chi connectivity index (χ2n) is 5.15. The molecule has 2 aromatic rings. The van der Waals surface area contributed by atoms with Crippen LogP contribution in [0.15, 0.2) is 54.9 Å². The van der Waals surface area contributed by atoms with Gasteiger partial charge in [0.2, 0.25) is 5.91 Å². The van der Waals surface area contributed by atoms with Gasteiger partial charge < -0.3 is 4.90 Å². The van der Waals surface area contributed by atoms with Gasteiger partial charge in [-0.05, 0) is 49.2 Å². The van der Waals surface area contributed by atoms with Gasteiger partial charge in [-0.15, -0.1) is 0 Å². The number of nitrogens with zero attached hydrogens (tertiary/aromatic N) is 3. The molecule has 1 amide bonds. The summed E-state index contributed by atoms with van der Waals surface area (Å²) in [4.78, 5) is 18.3. The molecule has 0 N–H and O–H groups in total. The fraction of sp³-hybridized carbons (Fsp3) is 0.211. The molecule has 1 aromatic carbocycles. The SMILES string of the molecule is CCN(C(=O)/C=C/c1cccnc1)C(C)c1ccc(C#N)cc1. The molecule has 0 aliphatic heterocycles. The number of carbonyl (C=O) groups excluding carboxylic acids is 1. The average molecular weight is 305 g/mol. The van der Waals surface area contributed by atoms with Gasteiger partial charge in [0.25, 0.3) is 0 Å². The molecule has 0 saturated carbocycles. The number of aromatic nitrogens is 1. The lowest BCUT2D eigenvalue weighted by molar-refractivity contribution is -0.127. The van der Waals surface area contributed by atoms with Crippen LogP contribution in [0.1, 0.15) is 36.6 Å². The van der Waals surface area contributed by atoms with Crippen LogP contribution in [0.5, 0.6) is 0 Å². The van der Waals surface area contributed by atoms with E-state index < -0.39 is 0 Å². The molecule has 4 nitrogen and oxygen atoms in total. The first kappa shape index (κ1) is 16.4. The molecule has 0 aliphatic carbocycles. The van der Waals surface area contributed by atoms with Crippen LogP contribution in [0.3, 0.4) is 0 Å². The number of benzene rings is 1. The van der Waals surface area contributed by atoms with Gasteiger partial charge in [-0.3, -0.25) is 9.78 Å². The number of carbonyl (C=O) groups is 1. The highest BCUT2D eigenvalue weighted by molar-refractivity contribution is 5.92. The summed E-state index contributed by atoms with van der Waals surface area (Å²) in [6.07, 6.45) is 6.75. The molecule has 0 bridgehead atoms. The Hall–Kier alpha value is -2.93. The third-order valence-electron chi connectivity index (χ3n) is 3.72. The van der Waals surface area contributed by atoms with Crippen LogP contribution >= 0.6 is 0 Å². The molecule has 1 atom stereocenters. The van der Waals surface area contributed by atoms with Crippen molar-refractivity contribution in [2.75, 3.05) is 6.54 Å². The van der Waals surface area contributed by atoms with E-state index in [1.807, 2.05) is 38.1 Å². The number of likely N-dealkylation sites (N-methyl/N-ethyl adjacent to an activating group) is 1. The fourth-order valence-electron chi connectivity index (χ4n) is 2.37. The van der Waals surface area contributed by atoms with Crippen molar-refractivity contribution in [2.45, 2.75) is 19.9 Å². The molecule has 1 unspecified atom stereocenters. The average Bonchev–Trinajstić information content (AvgIpc) is 2.61. The predicted octanol–water partition coefficient (Wildman–Crippen LogP) is 3.58. The summed E-state index contributed by atoms with van der Waals surface area (Å²) in [6, 6.07) is 13.1. The maximum Gasteiger partial charge on any atom is 0.247 e. The van der Waals surface area contributed by atoms with Gasteiger partial charge in [-0.2, -0.15) is 5.26 Å². The third kappa shape index (κ3) is 4.27. The smallest absolute Gasteiger partial charge is 0.247 e. The van der Waals surface area contributed by atoms with Crippen molar-refractivity contribution in [1.29, 1.82) is 5.26 Å². The van der Waals surface area contributed by atoms with Gasteiger partial charge >= 0.3 is 0 Å². The summed E-state index contributed by atoms with van der Waals surface area (Å²) in [5.74, 6) is -0.0480. The summed E-state index contributed by atoms with van der Waals surface area (Å²) in [5.41, 5.74) is 2.52. The Morgan fingerprint density at radius 2 is 2.09 bits per heavy atom. The van der Waals surface area contributed by atoms with Gasteiger partial charge in [0.05, 0.1) is 17.7 Å². The van der Waals surface area contributed by atoms with Crippen molar-refractivity contribution < 1.29 is 4.79 Å². The van der Waals surface area contributed by atoms with E-state index in [0.717, 1.165) is 11.1 Å². The lowest BCUT2D eigenvalue weighted by Gasteiger charge is -2.27. The molecule has 1 heterocycles. The van der Waals surface area contributed by atoms with Crippen LogP contribution in [-0.4, -0.2) is 22.3 Å². The third-order valence-corrected chi connectivity index (χ3v) is 3.72. The first-order valence-corrected chi connectivity index (χ1v) is 7.54. The quantitative estimate of drug-likeness (QED) is 0.793. The van der Waals surface area contributed by atoms with Crippen LogP contribution in [0.4, 0.5) is 0 Å². The predicted molar refractivity (Wildman–Crippen MR) is 90.2 cm³/mol. The minimum atomic E-state index is -0.0567. The second kappa shape index (κ2) is 7.90. The Bertz CT molecular complexity index is 715. The number of rotatable bonds is 5. The van der Waals surface area contributed by atoms with Crippen molar-refractivity contribution in [1.82, 2.24) is 9.88 Å². The zero-order valence-electron chi connectivity index (χ0n) is 13.3. The molecule has 2 rings (SSSR count). The number of pyridine rings is 1. The van der Waals surface area contributed by atoms with E-state index in [0.29, 0.717) is 12.1 Å². The summed E-state index contributed by atoms with van der Waals surface area (Å²) in [5, 5.41) is 8.86. The van der Waals surface area contributed by atoms with Crippen LogP contribution < -0.4 is 0 Å². The summed E-state index contributed by atoms with van der Waals surface area (Å²) in [7, 11) is 0. The van der Waals surface area contributed by atoms with Gasteiger partial charge in [-0.1, -0.05) is 18.2 Å². The van der Waals surface area contributed by atoms with Gasteiger partial charge in [0.15, 0.2) is 0 Å². The molecule has 0 fully saturated rings. The fourth-order valence-corrected chi connectivity index (χ4v) is 2.37. The molecule has 0 aliphatic rings. The standard InChI is InChI=1S/C19H19N3O/c1-3-22(15(2)18-9-6-16(13-20)7-10-18)19(23)11-8-17-5-4-12-21-14-17/h4-12,14-15H,3H2,1-2H3/b11-8+. The van der Waals surface area contributed by atoms with E-state index in [1.54, 1.807) is 41.6 Å². The van der Waals surface area contributed by atoms with E-state index in [9.17, 15) is 4.79 Å². The highest BCUT2D eigenvalue weighted by Crippen LogP contribution is 2.21. The number of amides is 1. The first-order chi connectivity index (χ1) is 11.2. The molecule has 1 aromatic heterocycles. The minimum Gasteiger partial charge on any atom is -0.333 e. The van der Waals surface area contributed by atoms with E-state index in [-0.39, 0.29) is 11.9 Å². The van der Waals surface area contributed by atoms with E-state index in [2.05, 4.69) is 11.1 Å². The Labute approximate surface area is 136 Å². The van der Waals surface area contributed by atoms with Crippen molar-refractivity contribution in [3.8, 4) is 6.07 Å². The highest BCUT2D eigenvalue weighted by atomic mass is 16.2. The number of hydrogen-bond donors (Lipinski definition) is 0. The first-order valence-electron chi connectivity index (χ1n) is 7.54. The van der Waals surface area contributed by atoms with Gasteiger partial charge in [0.1, 0.15) is 0 Å². The molecular formula is C19H19N3O. The van der Waals surface area contributed by atoms with Gasteiger partial charge in [0, 0.05) is 25.0 Å².